The Balaban J connectivity index is 1.83. The van der Waals surface area contributed by atoms with Gasteiger partial charge in [0, 0.05) is 22.8 Å². The normalized spacial score (nSPS) is 11.0. The number of hydrogen-bond donors (Lipinski definition) is 2. The fourth-order valence-corrected chi connectivity index (χ4v) is 3.48. The predicted octanol–water partition coefficient (Wildman–Crippen LogP) is 5.89. The highest BCUT2D eigenvalue weighted by atomic mass is 35.5. The average Bonchev–Trinajstić information content (AvgIpc) is 3.08. The molecule has 2 aromatic carbocycles. The van der Waals surface area contributed by atoms with Crippen molar-refractivity contribution in [2.24, 2.45) is 0 Å². The first-order chi connectivity index (χ1) is 13.8. The SMILES string of the molecule is COC(=O)CC(=O)Nc1cc(Cl)c(Oc2ccc3[nH]cc(C(C)C)c3c2)c(Cl)c1. The van der Waals surface area contributed by atoms with Crippen molar-refractivity contribution in [1.82, 2.24) is 4.98 Å². The molecule has 0 unspecified atom stereocenters. The molecule has 0 saturated heterocycles. The van der Waals surface area contributed by atoms with Crippen LogP contribution in [0.1, 0.15) is 31.7 Å². The number of ether oxygens (including phenoxy) is 2. The molecule has 0 aliphatic carbocycles. The van der Waals surface area contributed by atoms with E-state index < -0.39 is 18.3 Å². The molecule has 8 heteroatoms. The Morgan fingerprint density at radius 3 is 2.45 bits per heavy atom. The van der Waals surface area contributed by atoms with Gasteiger partial charge in [-0.15, -0.1) is 0 Å². The summed E-state index contributed by atoms with van der Waals surface area (Å²) in [6, 6.07) is 8.69. The number of hydrogen-bond acceptors (Lipinski definition) is 4. The summed E-state index contributed by atoms with van der Waals surface area (Å²) < 4.78 is 10.4. The van der Waals surface area contributed by atoms with Crippen LogP contribution in [0.25, 0.3) is 10.9 Å². The van der Waals surface area contributed by atoms with Gasteiger partial charge >= 0.3 is 5.97 Å². The third kappa shape index (κ3) is 4.83. The van der Waals surface area contributed by atoms with Gasteiger partial charge in [0.05, 0.1) is 17.2 Å². The number of aromatic amines is 1. The molecule has 1 heterocycles. The lowest BCUT2D eigenvalue weighted by Crippen LogP contribution is -2.17. The summed E-state index contributed by atoms with van der Waals surface area (Å²) >= 11 is 12.6. The summed E-state index contributed by atoms with van der Waals surface area (Å²) in [4.78, 5) is 26.3. The second-order valence-electron chi connectivity index (χ2n) is 6.78. The summed E-state index contributed by atoms with van der Waals surface area (Å²) in [5, 5.41) is 4.07. The van der Waals surface area contributed by atoms with E-state index in [0.29, 0.717) is 17.4 Å². The molecule has 0 atom stereocenters. The first-order valence-electron chi connectivity index (χ1n) is 8.93. The number of anilines is 1. The van der Waals surface area contributed by atoms with E-state index >= 15 is 0 Å². The molecule has 0 fully saturated rings. The Labute approximate surface area is 178 Å². The van der Waals surface area contributed by atoms with Gasteiger partial charge in [-0.05, 0) is 41.8 Å². The maximum absolute atomic E-state index is 11.8. The number of amides is 1. The topological polar surface area (TPSA) is 80.4 Å². The van der Waals surface area contributed by atoms with E-state index in [1.807, 2.05) is 24.4 Å². The molecule has 3 aromatic rings. The lowest BCUT2D eigenvalue weighted by atomic mass is 10.0. The first kappa shape index (κ1) is 21.0. The third-order valence-electron chi connectivity index (χ3n) is 4.34. The van der Waals surface area contributed by atoms with Crippen LogP contribution in [-0.2, 0) is 14.3 Å². The highest BCUT2D eigenvalue weighted by Gasteiger charge is 2.15. The molecule has 0 aliphatic heterocycles. The van der Waals surface area contributed by atoms with Gasteiger partial charge in [-0.1, -0.05) is 37.0 Å². The molecule has 29 heavy (non-hydrogen) atoms. The maximum atomic E-state index is 11.8. The number of methoxy groups -OCH3 is 1. The fourth-order valence-electron chi connectivity index (χ4n) is 2.92. The number of aromatic nitrogens is 1. The highest BCUT2D eigenvalue weighted by molar-refractivity contribution is 6.37. The molecular formula is C21H20Cl2N2O4. The zero-order valence-electron chi connectivity index (χ0n) is 16.1. The standard InChI is InChI=1S/C21H20Cl2N2O4/c1-11(2)15-10-24-18-5-4-13(8-14(15)18)29-21-16(22)6-12(7-17(21)23)25-19(26)9-20(27)28-3/h4-8,10-11,24H,9H2,1-3H3,(H,25,26). The minimum atomic E-state index is -0.638. The van der Waals surface area contributed by atoms with Crippen LogP contribution in [0.2, 0.25) is 10.0 Å². The van der Waals surface area contributed by atoms with Crippen molar-refractivity contribution in [3.8, 4) is 11.5 Å². The van der Waals surface area contributed by atoms with Crippen molar-refractivity contribution >= 4 is 51.7 Å². The summed E-state index contributed by atoms with van der Waals surface area (Å²) in [5.41, 5.74) is 2.55. The Morgan fingerprint density at radius 2 is 1.83 bits per heavy atom. The van der Waals surface area contributed by atoms with Crippen LogP contribution in [0.15, 0.2) is 36.5 Å². The molecule has 3 rings (SSSR count). The van der Waals surface area contributed by atoms with Gasteiger partial charge in [0.1, 0.15) is 12.2 Å². The van der Waals surface area contributed by atoms with Gasteiger partial charge in [-0.25, -0.2) is 0 Å². The number of halogens is 2. The Kier molecular flexibility index (Phi) is 6.35. The number of carbonyl (C=O) groups is 2. The second kappa shape index (κ2) is 8.76. The van der Waals surface area contributed by atoms with Gasteiger partial charge in [-0.2, -0.15) is 0 Å². The van der Waals surface area contributed by atoms with Crippen LogP contribution < -0.4 is 10.1 Å². The van der Waals surface area contributed by atoms with Crippen LogP contribution in [0.4, 0.5) is 5.69 Å². The lowest BCUT2D eigenvalue weighted by Gasteiger charge is -2.13. The smallest absolute Gasteiger partial charge is 0.315 e. The zero-order chi connectivity index (χ0) is 21.1. The van der Waals surface area contributed by atoms with Crippen molar-refractivity contribution in [2.45, 2.75) is 26.2 Å². The van der Waals surface area contributed by atoms with Gasteiger partial charge in [-0.3, -0.25) is 9.59 Å². The Bertz CT molecular complexity index is 1050. The van der Waals surface area contributed by atoms with Crippen molar-refractivity contribution in [3.63, 3.8) is 0 Å². The largest absolute Gasteiger partial charge is 0.469 e. The molecule has 0 spiro atoms. The number of fused-ring (bicyclic) bond motifs is 1. The van der Waals surface area contributed by atoms with Gasteiger partial charge in [0.2, 0.25) is 5.91 Å². The van der Waals surface area contributed by atoms with Crippen LogP contribution in [0.3, 0.4) is 0 Å². The number of nitrogens with one attached hydrogen (secondary N) is 2. The van der Waals surface area contributed by atoms with E-state index in [1.165, 1.54) is 24.8 Å². The van der Waals surface area contributed by atoms with Crippen molar-refractivity contribution < 1.29 is 19.1 Å². The average molecular weight is 435 g/mol. The maximum Gasteiger partial charge on any atom is 0.315 e. The van der Waals surface area contributed by atoms with E-state index in [0.717, 1.165) is 10.9 Å². The minimum Gasteiger partial charge on any atom is -0.469 e. The molecule has 0 saturated carbocycles. The molecule has 0 bridgehead atoms. The molecule has 0 radical (unpaired) electrons. The first-order valence-corrected chi connectivity index (χ1v) is 9.68. The van der Waals surface area contributed by atoms with E-state index in [2.05, 4.69) is 28.9 Å². The van der Waals surface area contributed by atoms with E-state index in [4.69, 9.17) is 27.9 Å². The molecule has 152 valence electrons. The number of H-pyrrole nitrogens is 1. The van der Waals surface area contributed by atoms with Crippen molar-refractivity contribution in [2.75, 3.05) is 12.4 Å². The van der Waals surface area contributed by atoms with Crippen LogP contribution in [-0.4, -0.2) is 24.0 Å². The van der Waals surface area contributed by atoms with Crippen LogP contribution in [0.5, 0.6) is 11.5 Å². The molecule has 1 amide bonds. The summed E-state index contributed by atoms with van der Waals surface area (Å²) in [5.74, 6) is 0.0574. The van der Waals surface area contributed by atoms with Crippen LogP contribution >= 0.6 is 23.2 Å². The van der Waals surface area contributed by atoms with E-state index in [1.54, 1.807) is 0 Å². The predicted molar refractivity (Wildman–Crippen MR) is 114 cm³/mol. The fraction of sp³-hybridized carbons (Fsp3) is 0.238. The number of carbonyl (C=O) groups excluding carboxylic acids is 2. The van der Waals surface area contributed by atoms with Gasteiger partial charge in [0.25, 0.3) is 0 Å². The zero-order valence-corrected chi connectivity index (χ0v) is 17.6. The van der Waals surface area contributed by atoms with Crippen molar-refractivity contribution in [1.29, 1.82) is 0 Å². The molecular weight excluding hydrogens is 415 g/mol. The summed E-state index contributed by atoms with van der Waals surface area (Å²) in [7, 11) is 1.21. The minimum absolute atomic E-state index is 0.226. The van der Waals surface area contributed by atoms with Gasteiger partial charge in [0.15, 0.2) is 5.75 Å². The number of rotatable bonds is 6. The quantitative estimate of drug-likeness (QED) is 0.374. The number of benzene rings is 2. The van der Waals surface area contributed by atoms with E-state index in [-0.39, 0.29) is 15.8 Å². The second-order valence-corrected chi connectivity index (χ2v) is 7.59. The molecule has 6 nitrogen and oxygen atoms in total. The highest BCUT2D eigenvalue weighted by Crippen LogP contribution is 2.40. The van der Waals surface area contributed by atoms with Gasteiger partial charge < -0.3 is 19.8 Å². The third-order valence-corrected chi connectivity index (χ3v) is 4.90. The Hall–Kier alpha value is -2.70. The monoisotopic (exact) mass is 434 g/mol. The Morgan fingerprint density at radius 1 is 1.14 bits per heavy atom. The summed E-state index contributed by atoms with van der Waals surface area (Å²) in [6.45, 7) is 4.24. The van der Waals surface area contributed by atoms with Crippen LogP contribution in [0, 0.1) is 0 Å². The molecule has 2 N–H and O–H groups in total. The number of esters is 1. The summed E-state index contributed by atoms with van der Waals surface area (Å²) in [6.07, 6.45) is 1.59. The lowest BCUT2D eigenvalue weighted by molar-refractivity contribution is -0.142. The molecule has 0 aliphatic rings. The van der Waals surface area contributed by atoms with Crippen molar-refractivity contribution in [3.05, 3.63) is 52.1 Å². The van der Waals surface area contributed by atoms with E-state index in [9.17, 15) is 9.59 Å². The molecule has 1 aromatic heterocycles.